The smallest absolute Gasteiger partial charge is 0.0758 e. The van der Waals surface area contributed by atoms with E-state index in [4.69, 9.17) is 4.74 Å². The predicted molar refractivity (Wildman–Crippen MR) is 88.9 cm³/mol. The van der Waals surface area contributed by atoms with Gasteiger partial charge < -0.3 is 10.1 Å². The van der Waals surface area contributed by atoms with Gasteiger partial charge in [-0.2, -0.15) is 0 Å². The summed E-state index contributed by atoms with van der Waals surface area (Å²) < 4.78 is 8.30. The van der Waals surface area contributed by atoms with E-state index in [1.54, 1.807) is 11.3 Å². The molecule has 0 saturated carbocycles. The van der Waals surface area contributed by atoms with Crippen LogP contribution in [0.15, 0.2) is 13.6 Å². The molecule has 0 bridgehead atoms. The standard InChI is InChI=1S/C14H21Br2NOS/c1-3-6-17-13(9-5-7-18-11(9)4-2)10-8-12(15)19-14(10)16/h8-9,11,13,17H,3-7H2,1-2H3. The van der Waals surface area contributed by atoms with Gasteiger partial charge in [-0.3, -0.25) is 0 Å². The van der Waals surface area contributed by atoms with Crippen molar-refractivity contribution in [3.63, 3.8) is 0 Å². The average molecular weight is 411 g/mol. The van der Waals surface area contributed by atoms with Crippen LogP contribution in [0.1, 0.15) is 44.7 Å². The van der Waals surface area contributed by atoms with Gasteiger partial charge in [-0.05, 0) is 69.3 Å². The van der Waals surface area contributed by atoms with Gasteiger partial charge in [0.1, 0.15) is 0 Å². The molecule has 19 heavy (non-hydrogen) atoms. The summed E-state index contributed by atoms with van der Waals surface area (Å²) >= 11 is 9.05. The summed E-state index contributed by atoms with van der Waals surface area (Å²) in [4.78, 5) is 0. The van der Waals surface area contributed by atoms with Gasteiger partial charge in [0.05, 0.1) is 13.7 Å². The Morgan fingerprint density at radius 3 is 2.84 bits per heavy atom. The Morgan fingerprint density at radius 1 is 1.47 bits per heavy atom. The molecule has 0 amide bonds. The van der Waals surface area contributed by atoms with Gasteiger partial charge in [0, 0.05) is 18.6 Å². The molecule has 1 aliphatic heterocycles. The average Bonchev–Trinajstić information content (AvgIpc) is 2.97. The second-order valence-corrected chi connectivity index (χ2v) is 8.73. The first-order valence-electron chi connectivity index (χ1n) is 6.97. The van der Waals surface area contributed by atoms with Crippen LogP contribution in [0.5, 0.6) is 0 Å². The lowest BCUT2D eigenvalue weighted by atomic mass is 9.88. The van der Waals surface area contributed by atoms with E-state index in [1.807, 2.05) is 0 Å². The topological polar surface area (TPSA) is 21.3 Å². The molecule has 2 rings (SSSR count). The fraction of sp³-hybridized carbons (Fsp3) is 0.714. The maximum absolute atomic E-state index is 5.88. The van der Waals surface area contributed by atoms with Crippen molar-refractivity contribution in [3.8, 4) is 0 Å². The SMILES string of the molecule is CCCNC(c1cc(Br)sc1Br)C1CCOC1CC. The van der Waals surface area contributed by atoms with Crippen LogP contribution in [-0.4, -0.2) is 19.3 Å². The van der Waals surface area contributed by atoms with Gasteiger partial charge in [-0.1, -0.05) is 13.8 Å². The van der Waals surface area contributed by atoms with Crippen LogP contribution < -0.4 is 5.32 Å². The van der Waals surface area contributed by atoms with E-state index < -0.39 is 0 Å². The lowest BCUT2D eigenvalue weighted by molar-refractivity contribution is 0.0774. The molecule has 0 spiro atoms. The fourth-order valence-electron chi connectivity index (χ4n) is 2.82. The molecule has 108 valence electrons. The normalized spacial score (nSPS) is 24.8. The fourth-order valence-corrected chi connectivity index (χ4v) is 5.75. The predicted octanol–water partition coefficient (Wildman–Crippen LogP) is 5.13. The molecule has 2 heterocycles. The molecular formula is C14H21Br2NOS. The van der Waals surface area contributed by atoms with Crippen molar-refractivity contribution in [2.45, 2.75) is 45.3 Å². The van der Waals surface area contributed by atoms with Crippen LogP contribution in [0.3, 0.4) is 0 Å². The molecule has 5 heteroatoms. The van der Waals surface area contributed by atoms with E-state index in [1.165, 1.54) is 13.1 Å². The lowest BCUT2D eigenvalue weighted by Crippen LogP contribution is -2.33. The number of ether oxygens (including phenoxy) is 1. The zero-order valence-electron chi connectivity index (χ0n) is 11.4. The molecular weight excluding hydrogens is 390 g/mol. The highest BCUT2D eigenvalue weighted by molar-refractivity contribution is 9.12. The minimum Gasteiger partial charge on any atom is -0.378 e. The summed E-state index contributed by atoms with van der Waals surface area (Å²) in [6, 6.07) is 2.64. The Balaban J connectivity index is 2.22. The van der Waals surface area contributed by atoms with E-state index in [-0.39, 0.29) is 0 Å². The molecule has 0 aliphatic carbocycles. The Kier molecular flexibility index (Phi) is 6.34. The summed E-state index contributed by atoms with van der Waals surface area (Å²) in [7, 11) is 0. The largest absolute Gasteiger partial charge is 0.378 e. The molecule has 1 aliphatic rings. The monoisotopic (exact) mass is 409 g/mol. The number of nitrogens with one attached hydrogen (secondary N) is 1. The Labute approximate surface area is 136 Å². The quantitative estimate of drug-likeness (QED) is 0.701. The molecule has 0 radical (unpaired) electrons. The molecule has 1 aromatic heterocycles. The van der Waals surface area contributed by atoms with Crippen LogP contribution in [0.2, 0.25) is 0 Å². The summed E-state index contributed by atoms with van der Waals surface area (Å²) in [5.41, 5.74) is 1.37. The third kappa shape index (κ3) is 3.82. The lowest BCUT2D eigenvalue weighted by Gasteiger charge is -2.28. The van der Waals surface area contributed by atoms with E-state index >= 15 is 0 Å². The van der Waals surface area contributed by atoms with Crippen molar-refractivity contribution in [1.82, 2.24) is 5.32 Å². The second-order valence-electron chi connectivity index (χ2n) is 4.98. The Morgan fingerprint density at radius 2 is 2.26 bits per heavy atom. The summed E-state index contributed by atoms with van der Waals surface area (Å²) in [6.07, 6.45) is 3.79. The van der Waals surface area contributed by atoms with Crippen molar-refractivity contribution >= 4 is 43.2 Å². The zero-order valence-corrected chi connectivity index (χ0v) is 15.4. The van der Waals surface area contributed by atoms with Gasteiger partial charge in [0.2, 0.25) is 0 Å². The molecule has 3 unspecified atom stereocenters. The third-order valence-corrected chi connectivity index (χ3v) is 6.11. The van der Waals surface area contributed by atoms with Crippen LogP contribution in [0.25, 0.3) is 0 Å². The maximum atomic E-state index is 5.88. The molecule has 2 nitrogen and oxygen atoms in total. The van der Waals surface area contributed by atoms with Crippen LogP contribution in [0, 0.1) is 5.92 Å². The highest BCUT2D eigenvalue weighted by Crippen LogP contribution is 2.42. The van der Waals surface area contributed by atoms with E-state index in [9.17, 15) is 0 Å². The van der Waals surface area contributed by atoms with Crippen molar-refractivity contribution in [2.75, 3.05) is 13.2 Å². The third-order valence-electron chi connectivity index (χ3n) is 3.72. The van der Waals surface area contributed by atoms with E-state index in [2.05, 4.69) is 57.1 Å². The van der Waals surface area contributed by atoms with Gasteiger partial charge in [0.15, 0.2) is 0 Å². The highest BCUT2D eigenvalue weighted by atomic mass is 79.9. The Hall–Kier alpha value is 0.580. The summed E-state index contributed by atoms with van der Waals surface area (Å²) in [5.74, 6) is 0.578. The zero-order chi connectivity index (χ0) is 13.8. The maximum Gasteiger partial charge on any atom is 0.0758 e. The number of hydrogen-bond donors (Lipinski definition) is 1. The van der Waals surface area contributed by atoms with Crippen molar-refractivity contribution in [2.24, 2.45) is 5.92 Å². The molecule has 1 aromatic rings. The molecule has 3 atom stereocenters. The Bertz CT molecular complexity index is 410. The number of rotatable bonds is 6. The van der Waals surface area contributed by atoms with Gasteiger partial charge in [0.25, 0.3) is 0 Å². The van der Waals surface area contributed by atoms with Crippen molar-refractivity contribution < 1.29 is 4.74 Å². The number of thiophene rings is 1. The van der Waals surface area contributed by atoms with Crippen LogP contribution in [-0.2, 0) is 4.74 Å². The van der Waals surface area contributed by atoms with Crippen LogP contribution in [0.4, 0.5) is 0 Å². The summed E-state index contributed by atoms with van der Waals surface area (Å²) in [6.45, 7) is 6.39. The van der Waals surface area contributed by atoms with Gasteiger partial charge in [-0.15, -0.1) is 11.3 Å². The van der Waals surface area contributed by atoms with Crippen LogP contribution >= 0.6 is 43.2 Å². The second kappa shape index (κ2) is 7.55. The number of halogens is 2. The first kappa shape index (κ1) is 16.0. The summed E-state index contributed by atoms with van der Waals surface area (Å²) in [5, 5.41) is 3.72. The molecule has 0 aromatic carbocycles. The minimum absolute atomic E-state index is 0.389. The highest BCUT2D eigenvalue weighted by Gasteiger charge is 2.35. The van der Waals surface area contributed by atoms with Crippen molar-refractivity contribution in [3.05, 3.63) is 19.2 Å². The molecule has 1 N–H and O–H groups in total. The van der Waals surface area contributed by atoms with E-state index in [0.29, 0.717) is 18.1 Å². The van der Waals surface area contributed by atoms with Gasteiger partial charge >= 0.3 is 0 Å². The first-order valence-corrected chi connectivity index (χ1v) is 9.37. The molecule has 1 fully saturated rings. The van der Waals surface area contributed by atoms with Gasteiger partial charge in [-0.25, -0.2) is 0 Å². The molecule has 1 saturated heterocycles. The first-order chi connectivity index (χ1) is 9.17. The van der Waals surface area contributed by atoms with E-state index in [0.717, 1.165) is 32.4 Å². The minimum atomic E-state index is 0.389. The van der Waals surface area contributed by atoms with Crippen molar-refractivity contribution in [1.29, 1.82) is 0 Å². The number of hydrogen-bond acceptors (Lipinski definition) is 3.